The van der Waals surface area contributed by atoms with E-state index in [0.29, 0.717) is 5.75 Å². The highest BCUT2D eigenvalue weighted by atomic mass is 32.2. The Hall–Kier alpha value is -1.03. The Labute approximate surface area is 74.8 Å². The van der Waals surface area contributed by atoms with Gasteiger partial charge in [-0.1, -0.05) is 0 Å². The maximum Gasteiger partial charge on any atom is 0.237 e. The average molecular weight is 180 g/mol. The molecule has 1 aromatic rings. The van der Waals surface area contributed by atoms with Crippen molar-refractivity contribution in [2.45, 2.75) is 0 Å². The van der Waals surface area contributed by atoms with Gasteiger partial charge in [0.15, 0.2) is 0 Å². The molecule has 1 aromatic heterocycles. The molecule has 12 heavy (non-hydrogen) atoms. The van der Waals surface area contributed by atoms with Crippen molar-refractivity contribution in [3.63, 3.8) is 0 Å². The molecule has 4 heteroatoms. The first-order valence-corrected chi connectivity index (χ1v) is 4.81. The van der Waals surface area contributed by atoms with Gasteiger partial charge < -0.3 is 4.90 Å². The molecule has 1 amide bonds. The number of amides is 1. The number of thioether (sulfide) groups is 1. The van der Waals surface area contributed by atoms with E-state index in [1.807, 2.05) is 12.1 Å². The van der Waals surface area contributed by atoms with E-state index in [0.717, 1.165) is 11.6 Å². The summed E-state index contributed by atoms with van der Waals surface area (Å²) in [7, 11) is 0. The number of carbonyl (C=O) groups excluding carboxylic acids is 1. The summed E-state index contributed by atoms with van der Waals surface area (Å²) in [4.78, 5) is 17.0. The van der Waals surface area contributed by atoms with E-state index in [-0.39, 0.29) is 5.91 Å². The smallest absolute Gasteiger partial charge is 0.237 e. The van der Waals surface area contributed by atoms with Gasteiger partial charge in [0, 0.05) is 6.20 Å². The standard InChI is InChI=1S/C8H8N2OS/c11-8-5-12-6-10(8)7-2-1-3-9-4-7/h1-4H,5-6H2. The van der Waals surface area contributed by atoms with Crippen LogP contribution in [0.2, 0.25) is 0 Å². The third-order valence-electron chi connectivity index (χ3n) is 1.70. The van der Waals surface area contributed by atoms with Crippen molar-refractivity contribution in [1.82, 2.24) is 4.98 Å². The van der Waals surface area contributed by atoms with Crippen LogP contribution in [-0.4, -0.2) is 22.5 Å². The molecule has 0 saturated carbocycles. The lowest BCUT2D eigenvalue weighted by Crippen LogP contribution is -2.24. The van der Waals surface area contributed by atoms with E-state index in [1.54, 1.807) is 29.1 Å². The van der Waals surface area contributed by atoms with Gasteiger partial charge in [-0.25, -0.2) is 0 Å². The highest BCUT2D eigenvalue weighted by Gasteiger charge is 2.21. The van der Waals surface area contributed by atoms with Crippen LogP contribution >= 0.6 is 11.8 Å². The second kappa shape index (κ2) is 3.15. The molecule has 0 aliphatic carbocycles. The molecule has 0 N–H and O–H groups in total. The molecule has 0 bridgehead atoms. The van der Waals surface area contributed by atoms with Gasteiger partial charge in [0.05, 0.1) is 23.5 Å². The Morgan fingerprint density at radius 3 is 3.08 bits per heavy atom. The van der Waals surface area contributed by atoms with Crippen molar-refractivity contribution in [2.24, 2.45) is 0 Å². The van der Waals surface area contributed by atoms with Crippen LogP contribution in [0.5, 0.6) is 0 Å². The predicted molar refractivity (Wildman–Crippen MR) is 49.0 cm³/mol. The largest absolute Gasteiger partial charge is 0.300 e. The molecule has 1 aliphatic rings. The lowest BCUT2D eigenvalue weighted by molar-refractivity contribution is -0.115. The summed E-state index contributed by atoms with van der Waals surface area (Å²) in [5.41, 5.74) is 0.896. The van der Waals surface area contributed by atoms with Crippen molar-refractivity contribution < 1.29 is 4.79 Å². The normalized spacial score (nSPS) is 17.0. The summed E-state index contributed by atoms with van der Waals surface area (Å²) >= 11 is 1.63. The summed E-state index contributed by atoms with van der Waals surface area (Å²) in [6.45, 7) is 0. The average Bonchev–Trinajstić information content (AvgIpc) is 2.53. The summed E-state index contributed by atoms with van der Waals surface area (Å²) in [6, 6.07) is 3.74. The minimum Gasteiger partial charge on any atom is -0.300 e. The lowest BCUT2D eigenvalue weighted by atomic mass is 10.4. The maximum atomic E-state index is 11.3. The van der Waals surface area contributed by atoms with Crippen LogP contribution < -0.4 is 4.90 Å². The molecular weight excluding hydrogens is 172 g/mol. The first-order valence-electron chi connectivity index (χ1n) is 3.66. The van der Waals surface area contributed by atoms with Crippen LogP contribution in [0.15, 0.2) is 24.5 Å². The molecule has 2 heterocycles. The summed E-state index contributed by atoms with van der Waals surface area (Å²) in [5.74, 6) is 1.52. The third kappa shape index (κ3) is 1.30. The van der Waals surface area contributed by atoms with Crippen LogP contribution in [0.4, 0.5) is 5.69 Å². The minimum atomic E-state index is 0.174. The van der Waals surface area contributed by atoms with Crippen molar-refractivity contribution in [3.8, 4) is 0 Å². The number of hydrogen-bond donors (Lipinski definition) is 0. The second-order valence-electron chi connectivity index (χ2n) is 2.51. The Kier molecular flexibility index (Phi) is 1.99. The maximum absolute atomic E-state index is 11.3. The molecule has 0 atom stereocenters. The second-order valence-corrected chi connectivity index (χ2v) is 3.47. The van der Waals surface area contributed by atoms with E-state index in [2.05, 4.69) is 4.98 Å². The first kappa shape index (κ1) is 7.61. The molecule has 2 rings (SSSR count). The molecule has 0 unspecified atom stereocenters. The molecule has 0 aromatic carbocycles. The molecule has 3 nitrogen and oxygen atoms in total. The van der Waals surface area contributed by atoms with E-state index >= 15 is 0 Å². The summed E-state index contributed by atoms with van der Waals surface area (Å²) in [5, 5.41) is 0. The van der Waals surface area contributed by atoms with Crippen LogP contribution in [-0.2, 0) is 4.79 Å². The third-order valence-corrected chi connectivity index (χ3v) is 2.60. The van der Waals surface area contributed by atoms with Gasteiger partial charge in [-0.2, -0.15) is 0 Å². The van der Waals surface area contributed by atoms with E-state index in [9.17, 15) is 4.79 Å². The highest BCUT2D eigenvalue weighted by Crippen LogP contribution is 2.22. The fourth-order valence-electron chi connectivity index (χ4n) is 1.11. The number of anilines is 1. The van der Waals surface area contributed by atoms with Crippen molar-refractivity contribution in [1.29, 1.82) is 0 Å². The van der Waals surface area contributed by atoms with Crippen molar-refractivity contribution in [3.05, 3.63) is 24.5 Å². The molecule has 1 fully saturated rings. The van der Waals surface area contributed by atoms with Gasteiger partial charge in [0.2, 0.25) is 5.91 Å². The Morgan fingerprint density at radius 2 is 2.50 bits per heavy atom. The highest BCUT2D eigenvalue weighted by molar-refractivity contribution is 8.00. The van der Waals surface area contributed by atoms with E-state index in [1.165, 1.54) is 0 Å². The molecular formula is C8H8N2OS. The zero-order valence-electron chi connectivity index (χ0n) is 6.43. The van der Waals surface area contributed by atoms with Gasteiger partial charge in [-0.15, -0.1) is 11.8 Å². The van der Waals surface area contributed by atoms with Gasteiger partial charge >= 0.3 is 0 Å². The Bertz CT molecular complexity index is 288. The Balaban J connectivity index is 2.25. The fourth-order valence-corrected chi connectivity index (χ4v) is 2.00. The number of hydrogen-bond acceptors (Lipinski definition) is 3. The zero-order chi connectivity index (χ0) is 8.39. The summed E-state index contributed by atoms with van der Waals surface area (Å²) in [6.07, 6.45) is 3.42. The number of pyridine rings is 1. The summed E-state index contributed by atoms with van der Waals surface area (Å²) < 4.78 is 0. The Morgan fingerprint density at radius 1 is 1.58 bits per heavy atom. The van der Waals surface area contributed by atoms with Crippen molar-refractivity contribution >= 4 is 23.4 Å². The molecule has 1 aliphatic heterocycles. The van der Waals surface area contributed by atoms with Crippen molar-refractivity contribution in [2.75, 3.05) is 16.5 Å². The number of carbonyl (C=O) groups is 1. The monoisotopic (exact) mass is 180 g/mol. The lowest BCUT2D eigenvalue weighted by Gasteiger charge is -2.12. The molecule has 1 saturated heterocycles. The van der Waals surface area contributed by atoms with Gasteiger partial charge in [-0.05, 0) is 12.1 Å². The van der Waals surface area contributed by atoms with Crippen LogP contribution in [0, 0.1) is 0 Å². The molecule has 0 radical (unpaired) electrons. The van der Waals surface area contributed by atoms with Crippen LogP contribution in [0.25, 0.3) is 0 Å². The minimum absolute atomic E-state index is 0.174. The topological polar surface area (TPSA) is 33.2 Å². The zero-order valence-corrected chi connectivity index (χ0v) is 7.25. The van der Waals surface area contributed by atoms with E-state index in [4.69, 9.17) is 0 Å². The van der Waals surface area contributed by atoms with Gasteiger partial charge in [0.1, 0.15) is 0 Å². The van der Waals surface area contributed by atoms with E-state index < -0.39 is 0 Å². The predicted octanol–water partition coefficient (Wildman–Crippen LogP) is 1.12. The molecule has 62 valence electrons. The van der Waals surface area contributed by atoms with Gasteiger partial charge in [0.25, 0.3) is 0 Å². The first-order chi connectivity index (χ1) is 5.88. The number of nitrogens with zero attached hydrogens (tertiary/aromatic N) is 2. The van der Waals surface area contributed by atoms with Crippen LogP contribution in [0.1, 0.15) is 0 Å². The number of rotatable bonds is 1. The SMILES string of the molecule is O=C1CSCN1c1cccnc1. The van der Waals surface area contributed by atoms with Crippen LogP contribution in [0.3, 0.4) is 0 Å². The number of aromatic nitrogens is 1. The van der Waals surface area contributed by atoms with Gasteiger partial charge in [-0.3, -0.25) is 9.78 Å². The fraction of sp³-hybridized carbons (Fsp3) is 0.250. The molecule has 0 spiro atoms. The quantitative estimate of drug-likeness (QED) is 0.649.